The van der Waals surface area contributed by atoms with Crippen molar-refractivity contribution < 1.29 is 14.6 Å². The summed E-state index contributed by atoms with van der Waals surface area (Å²) in [5.74, 6) is 4.12. The molecule has 33 heavy (non-hydrogen) atoms. The van der Waals surface area contributed by atoms with Crippen LogP contribution in [-0.2, 0) is 4.79 Å². The topological polar surface area (TPSA) is 92.7 Å². The van der Waals surface area contributed by atoms with Crippen LogP contribution in [0.2, 0.25) is 10.0 Å². The van der Waals surface area contributed by atoms with E-state index in [1.165, 1.54) is 0 Å². The smallest absolute Gasteiger partial charge is 0.326 e. The van der Waals surface area contributed by atoms with Gasteiger partial charge in [0.25, 0.3) is 10.9 Å². The number of ether oxygens (including phenoxy) is 1. The summed E-state index contributed by atoms with van der Waals surface area (Å²) in [6, 6.07) is 11.0. The van der Waals surface area contributed by atoms with Crippen LogP contribution in [0.1, 0.15) is 43.4 Å². The highest BCUT2D eigenvalue weighted by Crippen LogP contribution is 2.27. The Kier molecular flexibility index (Phi) is 7.47. The quantitative estimate of drug-likeness (QED) is 0.379. The number of aliphatic carboxylic acids is 1. The summed E-state index contributed by atoms with van der Waals surface area (Å²) in [5.41, 5.74) is 0.281. The number of nitrogens with one attached hydrogen (secondary N) is 1. The van der Waals surface area contributed by atoms with E-state index in [2.05, 4.69) is 17.2 Å². The fraction of sp³-hybridized carbons (Fsp3) is 0.240. The van der Waals surface area contributed by atoms with Gasteiger partial charge in [0.2, 0.25) is 0 Å². The second-order valence-electron chi connectivity index (χ2n) is 7.75. The maximum absolute atomic E-state index is 12.0. The zero-order chi connectivity index (χ0) is 24.3. The predicted molar refractivity (Wildman–Crippen MR) is 129 cm³/mol. The van der Waals surface area contributed by atoms with Crippen molar-refractivity contribution in [3.63, 3.8) is 0 Å². The van der Waals surface area contributed by atoms with Crippen LogP contribution in [0.4, 0.5) is 5.69 Å². The van der Waals surface area contributed by atoms with Gasteiger partial charge in [-0.15, -0.1) is 0 Å². The van der Waals surface area contributed by atoms with E-state index in [1.807, 2.05) is 0 Å². The Morgan fingerprint density at radius 1 is 0.970 bits per heavy atom. The summed E-state index contributed by atoms with van der Waals surface area (Å²) in [7, 11) is 0. The molecule has 0 aromatic heterocycles. The Bertz CT molecular complexity index is 1290. The van der Waals surface area contributed by atoms with Crippen molar-refractivity contribution in [3.05, 3.63) is 89.6 Å². The number of anilines is 1. The fourth-order valence-electron chi connectivity index (χ4n) is 3.22. The molecule has 0 saturated heterocycles. The van der Waals surface area contributed by atoms with Crippen molar-refractivity contribution >= 4 is 34.9 Å². The summed E-state index contributed by atoms with van der Waals surface area (Å²) in [6.07, 6.45) is -0.330. The lowest BCUT2D eigenvalue weighted by Crippen LogP contribution is -2.43. The highest BCUT2D eigenvalue weighted by Gasteiger charge is 2.32. The van der Waals surface area contributed by atoms with Gasteiger partial charge in [0.1, 0.15) is 11.7 Å². The number of carbonyl (C=O) groups is 1. The van der Waals surface area contributed by atoms with Gasteiger partial charge >= 0.3 is 5.97 Å². The standard InChI is InChI=1S/C25H21Cl2NO5/c1-13(2)33-24-21(22(29)23(24)30)28-20(25(31)32)14(3)16-10-7-15(8-11-16)9-12-17-18(26)5-4-6-19(17)27/h4-8,10-11,13-14,20,28H,1-3H3,(H,31,32). The largest absolute Gasteiger partial charge is 0.485 e. The molecule has 0 spiro atoms. The minimum atomic E-state index is -1.16. The average molecular weight is 486 g/mol. The van der Waals surface area contributed by atoms with E-state index in [1.54, 1.807) is 63.2 Å². The lowest BCUT2D eigenvalue weighted by atomic mass is 9.92. The second-order valence-corrected chi connectivity index (χ2v) is 8.56. The molecule has 3 rings (SSSR count). The molecule has 0 aliphatic heterocycles. The van der Waals surface area contributed by atoms with E-state index in [0.29, 0.717) is 26.7 Å². The van der Waals surface area contributed by atoms with E-state index in [-0.39, 0.29) is 17.5 Å². The molecule has 2 N–H and O–H groups in total. The van der Waals surface area contributed by atoms with E-state index in [0.717, 1.165) is 0 Å². The first-order valence-corrected chi connectivity index (χ1v) is 10.9. The first-order valence-electron chi connectivity index (χ1n) is 10.2. The van der Waals surface area contributed by atoms with Gasteiger partial charge in [0.05, 0.1) is 21.7 Å². The van der Waals surface area contributed by atoms with Crippen molar-refractivity contribution in [2.75, 3.05) is 5.32 Å². The molecular formula is C25H21Cl2NO5. The zero-order valence-electron chi connectivity index (χ0n) is 18.1. The van der Waals surface area contributed by atoms with Crippen molar-refractivity contribution in [2.24, 2.45) is 0 Å². The molecule has 3 aromatic rings. The van der Waals surface area contributed by atoms with Crippen LogP contribution in [0, 0.1) is 11.8 Å². The number of benzene rings is 2. The number of halogens is 2. The highest BCUT2D eigenvalue weighted by molar-refractivity contribution is 6.36. The monoisotopic (exact) mass is 485 g/mol. The summed E-state index contributed by atoms with van der Waals surface area (Å²) in [4.78, 5) is 35.7. The third-order valence-corrected chi connectivity index (χ3v) is 5.65. The van der Waals surface area contributed by atoms with Crippen LogP contribution < -0.4 is 20.9 Å². The molecule has 3 aromatic carbocycles. The third kappa shape index (κ3) is 5.39. The summed E-state index contributed by atoms with van der Waals surface area (Å²) >= 11 is 12.3. The van der Waals surface area contributed by atoms with Crippen molar-refractivity contribution in [1.82, 2.24) is 0 Å². The zero-order valence-corrected chi connectivity index (χ0v) is 19.6. The SMILES string of the molecule is CC(C)Oc1c(NC(C(=O)O)C(C)c2ccc(C#Cc3c(Cl)cccc3Cl)cc2)c(=O)c1=O. The molecule has 0 amide bonds. The van der Waals surface area contributed by atoms with Crippen LogP contribution in [0.15, 0.2) is 52.1 Å². The van der Waals surface area contributed by atoms with Gasteiger partial charge in [0.15, 0.2) is 5.75 Å². The van der Waals surface area contributed by atoms with Gasteiger partial charge in [-0.3, -0.25) is 9.59 Å². The molecule has 0 radical (unpaired) electrons. The van der Waals surface area contributed by atoms with Crippen LogP contribution in [0.3, 0.4) is 0 Å². The minimum Gasteiger partial charge on any atom is -0.485 e. The number of rotatable bonds is 7. The van der Waals surface area contributed by atoms with Crippen molar-refractivity contribution in [2.45, 2.75) is 38.8 Å². The van der Waals surface area contributed by atoms with Crippen LogP contribution >= 0.6 is 23.2 Å². The molecule has 0 saturated carbocycles. The Balaban J connectivity index is 1.81. The average Bonchev–Trinajstić information content (AvgIpc) is 2.77. The molecule has 0 aliphatic carbocycles. The molecule has 170 valence electrons. The molecule has 0 heterocycles. The molecule has 0 fully saturated rings. The minimum absolute atomic E-state index is 0.105. The Morgan fingerprint density at radius 2 is 1.58 bits per heavy atom. The number of carboxylic acids is 1. The molecule has 0 bridgehead atoms. The van der Waals surface area contributed by atoms with Gasteiger partial charge in [-0.2, -0.15) is 0 Å². The normalized spacial score (nSPS) is 12.7. The number of hydrogen-bond donors (Lipinski definition) is 2. The van der Waals surface area contributed by atoms with E-state index >= 15 is 0 Å². The Morgan fingerprint density at radius 3 is 2.12 bits per heavy atom. The number of carboxylic acid groups (broad SMARTS) is 1. The van der Waals surface area contributed by atoms with Crippen LogP contribution in [0.5, 0.6) is 5.75 Å². The van der Waals surface area contributed by atoms with Crippen molar-refractivity contribution in [1.29, 1.82) is 0 Å². The highest BCUT2D eigenvalue weighted by atomic mass is 35.5. The lowest BCUT2D eigenvalue weighted by Gasteiger charge is -2.25. The second kappa shape index (κ2) is 10.1. The fourth-order valence-corrected chi connectivity index (χ4v) is 3.71. The predicted octanol–water partition coefficient (Wildman–Crippen LogP) is 4.45. The maximum atomic E-state index is 12.0. The van der Waals surface area contributed by atoms with Crippen molar-refractivity contribution in [3.8, 4) is 17.6 Å². The molecule has 6 nitrogen and oxygen atoms in total. The van der Waals surface area contributed by atoms with E-state index in [9.17, 15) is 19.5 Å². The lowest BCUT2D eigenvalue weighted by molar-refractivity contribution is -0.138. The maximum Gasteiger partial charge on any atom is 0.326 e. The molecular weight excluding hydrogens is 465 g/mol. The first-order chi connectivity index (χ1) is 15.6. The van der Waals surface area contributed by atoms with Gasteiger partial charge in [0, 0.05) is 11.5 Å². The summed E-state index contributed by atoms with van der Waals surface area (Å²) in [6.45, 7) is 5.13. The molecule has 2 unspecified atom stereocenters. The Hall–Kier alpha value is -3.27. The molecule has 0 aliphatic rings. The molecule has 8 heteroatoms. The Labute approximate surface area is 200 Å². The van der Waals surface area contributed by atoms with Gasteiger partial charge < -0.3 is 15.2 Å². The van der Waals surface area contributed by atoms with E-state index in [4.69, 9.17) is 27.9 Å². The van der Waals surface area contributed by atoms with Gasteiger partial charge in [-0.05, 0) is 43.7 Å². The van der Waals surface area contributed by atoms with Crippen LogP contribution in [-0.4, -0.2) is 23.2 Å². The summed E-state index contributed by atoms with van der Waals surface area (Å²) in [5, 5.41) is 13.3. The van der Waals surface area contributed by atoms with E-state index < -0.39 is 28.8 Å². The molecule has 2 atom stereocenters. The first kappa shape index (κ1) is 24.4. The van der Waals surface area contributed by atoms with Crippen LogP contribution in [0.25, 0.3) is 0 Å². The third-order valence-electron chi connectivity index (χ3n) is 5.02. The van der Waals surface area contributed by atoms with Gasteiger partial charge in [-0.25, -0.2) is 4.79 Å². The number of hydrogen-bond acceptors (Lipinski definition) is 5. The van der Waals surface area contributed by atoms with Gasteiger partial charge in [-0.1, -0.05) is 60.2 Å². The summed E-state index contributed by atoms with van der Waals surface area (Å²) < 4.78 is 5.36.